The minimum atomic E-state index is 0.666. The Bertz CT molecular complexity index is 331. The third-order valence-corrected chi connectivity index (χ3v) is 2.77. The lowest BCUT2D eigenvalue weighted by Gasteiger charge is -2.27. The molecule has 0 aromatic heterocycles. The second-order valence-electron chi connectivity index (χ2n) is 3.99. The van der Waals surface area contributed by atoms with Crippen molar-refractivity contribution < 1.29 is 0 Å². The smallest absolute Gasteiger partial charge is 0.0551 e. The zero-order valence-electron chi connectivity index (χ0n) is 8.87. The summed E-state index contributed by atoms with van der Waals surface area (Å²) in [6, 6.07) is 5.90. The van der Waals surface area contributed by atoms with E-state index >= 15 is 0 Å². The van der Waals surface area contributed by atoms with Gasteiger partial charge in [-0.1, -0.05) is 6.07 Å². The minimum absolute atomic E-state index is 0.666. The number of nitrogen functional groups attached to an aromatic ring is 2. The standard InChI is InChI=1S/C11H18N4/c12-10-2-1-9(7-11(10)13)8-15-5-3-14-4-6-15/h1-2,7,14H,3-6,8,12-13H2. The summed E-state index contributed by atoms with van der Waals surface area (Å²) >= 11 is 0. The van der Waals surface area contributed by atoms with Crippen molar-refractivity contribution in [2.24, 2.45) is 0 Å². The van der Waals surface area contributed by atoms with Gasteiger partial charge in [-0.25, -0.2) is 0 Å². The Labute approximate surface area is 90.2 Å². The molecule has 4 heteroatoms. The fraction of sp³-hybridized carbons (Fsp3) is 0.455. The summed E-state index contributed by atoms with van der Waals surface area (Å²) in [6.07, 6.45) is 0. The molecular weight excluding hydrogens is 188 g/mol. The van der Waals surface area contributed by atoms with Crippen LogP contribution in [0.15, 0.2) is 18.2 Å². The van der Waals surface area contributed by atoms with Crippen molar-refractivity contribution in [1.29, 1.82) is 0 Å². The number of nitrogens with one attached hydrogen (secondary N) is 1. The van der Waals surface area contributed by atoms with Crippen LogP contribution in [0.4, 0.5) is 11.4 Å². The molecule has 4 nitrogen and oxygen atoms in total. The summed E-state index contributed by atoms with van der Waals surface area (Å²) in [7, 11) is 0. The Kier molecular flexibility index (Phi) is 3.08. The maximum atomic E-state index is 5.77. The predicted molar refractivity (Wildman–Crippen MR) is 63.4 cm³/mol. The van der Waals surface area contributed by atoms with Gasteiger partial charge in [-0.2, -0.15) is 0 Å². The largest absolute Gasteiger partial charge is 0.397 e. The zero-order chi connectivity index (χ0) is 10.7. The van der Waals surface area contributed by atoms with Gasteiger partial charge in [-0.3, -0.25) is 4.90 Å². The van der Waals surface area contributed by atoms with Gasteiger partial charge in [-0.15, -0.1) is 0 Å². The molecule has 0 saturated carbocycles. The molecule has 0 unspecified atom stereocenters. The maximum absolute atomic E-state index is 5.77. The van der Waals surface area contributed by atoms with E-state index in [1.807, 2.05) is 18.2 Å². The number of anilines is 2. The number of benzene rings is 1. The lowest BCUT2D eigenvalue weighted by molar-refractivity contribution is 0.233. The summed E-state index contributed by atoms with van der Waals surface area (Å²) in [6.45, 7) is 5.32. The van der Waals surface area contributed by atoms with Gasteiger partial charge in [0, 0.05) is 32.7 Å². The molecule has 5 N–H and O–H groups in total. The number of hydrogen-bond donors (Lipinski definition) is 3. The molecule has 0 spiro atoms. The van der Waals surface area contributed by atoms with E-state index in [9.17, 15) is 0 Å². The Hall–Kier alpha value is -1.26. The van der Waals surface area contributed by atoms with Crippen molar-refractivity contribution >= 4 is 11.4 Å². The molecule has 1 heterocycles. The van der Waals surface area contributed by atoms with Gasteiger partial charge in [0.2, 0.25) is 0 Å². The molecule has 0 amide bonds. The van der Waals surface area contributed by atoms with Gasteiger partial charge in [0.1, 0.15) is 0 Å². The molecule has 0 atom stereocenters. The third kappa shape index (κ3) is 2.61. The second kappa shape index (κ2) is 4.51. The number of rotatable bonds is 2. The van der Waals surface area contributed by atoms with Crippen LogP contribution in [0, 0.1) is 0 Å². The normalized spacial score (nSPS) is 17.9. The van der Waals surface area contributed by atoms with E-state index in [4.69, 9.17) is 11.5 Å². The lowest BCUT2D eigenvalue weighted by Crippen LogP contribution is -2.42. The van der Waals surface area contributed by atoms with E-state index in [1.165, 1.54) is 5.56 Å². The fourth-order valence-electron chi connectivity index (χ4n) is 1.85. The van der Waals surface area contributed by atoms with Crippen molar-refractivity contribution in [2.75, 3.05) is 37.6 Å². The molecule has 1 saturated heterocycles. The Morgan fingerprint density at radius 1 is 1.13 bits per heavy atom. The van der Waals surface area contributed by atoms with Crippen molar-refractivity contribution in [3.8, 4) is 0 Å². The van der Waals surface area contributed by atoms with Crippen LogP contribution in [-0.2, 0) is 6.54 Å². The van der Waals surface area contributed by atoms with Crippen LogP contribution < -0.4 is 16.8 Å². The van der Waals surface area contributed by atoms with Crippen LogP contribution in [0.25, 0.3) is 0 Å². The van der Waals surface area contributed by atoms with Gasteiger partial charge in [0.15, 0.2) is 0 Å². The zero-order valence-corrected chi connectivity index (χ0v) is 8.87. The monoisotopic (exact) mass is 206 g/mol. The second-order valence-corrected chi connectivity index (χ2v) is 3.99. The van der Waals surface area contributed by atoms with Crippen molar-refractivity contribution in [1.82, 2.24) is 10.2 Å². The van der Waals surface area contributed by atoms with Crippen LogP contribution in [-0.4, -0.2) is 31.1 Å². The highest BCUT2D eigenvalue weighted by atomic mass is 15.2. The maximum Gasteiger partial charge on any atom is 0.0551 e. The molecule has 1 aliphatic rings. The molecule has 82 valence electrons. The number of nitrogens with zero attached hydrogens (tertiary/aromatic N) is 1. The third-order valence-electron chi connectivity index (χ3n) is 2.77. The molecule has 15 heavy (non-hydrogen) atoms. The first-order chi connectivity index (χ1) is 7.25. The molecule has 2 rings (SSSR count). The quantitative estimate of drug-likeness (QED) is 0.607. The number of piperazine rings is 1. The van der Waals surface area contributed by atoms with Crippen molar-refractivity contribution in [2.45, 2.75) is 6.54 Å². The van der Waals surface area contributed by atoms with Gasteiger partial charge in [0.25, 0.3) is 0 Å². The van der Waals surface area contributed by atoms with Crippen LogP contribution in [0.5, 0.6) is 0 Å². The first-order valence-electron chi connectivity index (χ1n) is 5.32. The molecule has 0 bridgehead atoms. The first kappa shape index (κ1) is 10.3. The first-order valence-corrected chi connectivity index (χ1v) is 5.32. The molecule has 0 radical (unpaired) electrons. The number of nitrogens with two attached hydrogens (primary N) is 2. The van der Waals surface area contributed by atoms with E-state index in [1.54, 1.807) is 0 Å². The summed E-state index contributed by atoms with van der Waals surface area (Å²) in [5.41, 5.74) is 14.0. The summed E-state index contributed by atoms with van der Waals surface area (Å²) < 4.78 is 0. The number of hydrogen-bond acceptors (Lipinski definition) is 4. The highest BCUT2D eigenvalue weighted by molar-refractivity contribution is 5.63. The van der Waals surface area contributed by atoms with E-state index < -0.39 is 0 Å². The Morgan fingerprint density at radius 2 is 1.87 bits per heavy atom. The van der Waals surface area contributed by atoms with E-state index in [-0.39, 0.29) is 0 Å². The SMILES string of the molecule is Nc1ccc(CN2CCNCC2)cc1N. The molecule has 1 aromatic rings. The average molecular weight is 206 g/mol. The molecular formula is C11H18N4. The Morgan fingerprint density at radius 3 is 2.53 bits per heavy atom. The predicted octanol–water partition coefficient (Wildman–Crippen LogP) is 0.256. The highest BCUT2D eigenvalue weighted by Crippen LogP contribution is 2.17. The Balaban J connectivity index is 2.00. The van der Waals surface area contributed by atoms with Crippen LogP contribution in [0.2, 0.25) is 0 Å². The van der Waals surface area contributed by atoms with Crippen molar-refractivity contribution in [3.63, 3.8) is 0 Å². The van der Waals surface area contributed by atoms with Gasteiger partial charge >= 0.3 is 0 Å². The molecule has 1 fully saturated rings. The average Bonchev–Trinajstić information content (AvgIpc) is 2.25. The van der Waals surface area contributed by atoms with Crippen LogP contribution >= 0.6 is 0 Å². The summed E-state index contributed by atoms with van der Waals surface area (Å²) in [5.74, 6) is 0. The van der Waals surface area contributed by atoms with Crippen LogP contribution in [0.3, 0.4) is 0 Å². The molecule has 1 aromatic carbocycles. The van der Waals surface area contributed by atoms with Crippen molar-refractivity contribution in [3.05, 3.63) is 23.8 Å². The molecule has 0 aliphatic carbocycles. The van der Waals surface area contributed by atoms with Gasteiger partial charge in [0.05, 0.1) is 11.4 Å². The lowest BCUT2D eigenvalue weighted by atomic mass is 10.1. The fourth-order valence-corrected chi connectivity index (χ4v) is 1.85. The van der Waals surface area contributed by atoms with E-state index in [0.717, 1.165) is 32.7 Å². The van der Waals surface area contributed by atoms with E-state index in [2.05, 4.69) is 10.2 Å². The van der Waals surface area contributed by atoms with Crippen LogP contribution in [0.1, 0.15) is 5.56 Å². The van der Waals surface area contributed by atoms with E-state index in [0.29, 0.717) is 11.4 Å². The highest BCUT2D eigenvalue weighted by Gasteiger charge is 2.09. The minimum Gasteiger partial charge on any atom is -0.397 e. The topological polar surface area (TPSA) is 67.3 Å². The van der Waals surface area contributed by atoms with Gasteiger partial charge < -0.3 is 16.8 Å². The summed E-state index contributed by atoms with van der Waals surface area (Å²) in [4.78, 5) is 2.42. The summed E-state index contributed by atoms with van der Waals surface area (Å²) in [5, 5.41) is 3.33. The molecule has 1 aliphatic heterocycles. The van der Waals surface area contributed by atoms with Gasteiger partial charge in [-0.05, 0) is 17.7 Å².